The van der Waals surface area contributed by atoms with Crippen molar-refractivity contribution in [3.63, 3.8) is 0 Å². The third kappa shape index (κ3) is 4.18. The summed E-state index contributed by atoms with van der Waals surface area (Å²) in [6.07, 6.45) is 3.14. The molecule has 0 bridgehead atoms. The molecule has 1 fully saturated rings. The molecule has 0 N–H and O–H groups in total. The Hall–Kier alpha value is 1.24. The fourth-order valence-corrected chi connectivity index (χ4v) is 1.07. The average molecular weight is 213 g/mol. The largest absolute Gasteiger partial charge is 1.00 e. The molecule has 1 amide bonds. The van der Waals surface area contributed by atoms with Crippen molar-refractivity contribution in [1.29, 1.82) is 0 Å². The SMILES string of the molecule is O=C[N-]CN1CCCC1.[Rb+]. The van der Waals surface area contributed by atoms with Gasteiger partial charge in [-0.2, -0.15) is 0 Å². The molecule has 1 saturated heterocycles. The zero-order valence-corrected chi connectivity index (χ0v) is 11.3. The Morgan fingerprint density at radius 3 is 2.50 bits per heavy atom. The van der Waals surface area contributed by atoms with Crippen LogP contribution in [-0.2, 0) is 4.79 Å². The number of amides is 1. The van der Waals surface area contributed by atoms with Gasteiger partial charge in [0.2, 0.25) is 0 Å². The summed E-state index contributed by atoms with van der Waals surface area (Å²) in [4.78, 5) is 11.9. The fourth-order valence-electron chi connectivity index (χ4n) is 1.07. The van der Waals surface area contributed by atoms with Crippen LogP contribution < -0.4 is 58.2 Å². The van der Waals surface area contributed by atoms with Gasteiger partial charge < -0.3 is 15.0 Å². The summed E-state index contributed by atoms with van der Waals surface area (Å²) in [5, 5.41) is 3.60. The Kier molecular flexibility index (Phi) is 7.77. The Morgan fingerprint density at radius 1 is 1.40 bits per heavy atom. The van der Waals surface area contributed by atoms with Crippen LogP contribution in [0.1, 0.15) is 12.8 Å². The van der Waals surface area contributed by atoms with Gasteiger partial charge in [-0.3, -0.25) is 0 Å². The van der Waals surface area contributed by atoms with Crippen LogP contribution in [0.15, 0.2) is 0 Å². The van der Waals surface area contributed by atoms with Crippen molar-refractivity contribution in [1.82, 2.24) is 4.90 Å². The predicted molar refractivity (Wildman–Crippen MR) is 35.1 cm³/mol. The van der Waals surface area contributed by atoms with Crippen LogP contribution in [-0.4, -0.2) is 31.1 Å². The van der Waals surface area contributed by atoms with Gasteiger partial charge in [-0.25, -0.2) is 0 Å². The summed E-state index contributed by atoms with van der Waals surface area (Å²) in [7, 11) is 0. The first kappa shape index (κ1) is 11.2. The maximum Gasteiger partial charge on any atom is 1.00 e. The molecule has 0 aromatic rings. The monoisotopic (exact) mass is 212 g/mol. The van der Waals surface area contributed by atoms with Gasteiger partial charge >= 0.3 is 58.2 Å². The summed E-state index contributed by atoms with van der Waals surface area (Å²) < 4.78 is 0. The van der Waals surface area contributed by atoms with E-state index in [4.69, 9.17) is 0 Å². The predicted octanol–water partition coefficient (Wildman–Crippen LogP) is -2.43. The standard InChI is InChI=1S/C6H12N2O.Rb/c9-6-7-5-8-3-1-2-4-8;/h6H,1-5H2,(H,7,9);/q;+1/p-1. The summed E-state index contributed by atoms with van der Waals surface area (Å²) in [6.45, 7) is 2.82. The van der Waals surface area contributed by atoms with E-state index >= 15 is 0 Å². The molecule has 10 heavy (non-hydrogen) atoms. The fraction of sp³-hybridized carbons (Fsp3) is 0.833. The quantitative estimate of drug-likeness (QED) is 0.488. The minimum absolute atomic E-state index is 0. The zero-order chi connectivity index (χ0) is 6.53. The maximum atomic E-state index is 9.77. The van der Waals surface area contributed by atoms with Crippen LogP contribution in [0, 0.1) is 0 Å². The van der Waals surface area contributed by atoms with Crippen LogP contribution in [0.25, 0.3) is 5.32 Å². The molecular weight excluding hydrogens is 202 g/mol. The van der Waals surface area contributed by atoms with Crippen LogP contribution in [0.3, 0.4) is 0 Å². The second-order valence-corrected chi connectivity index (χ2v) is 2.25. The number of carbonyl (C=O) groups is 1. The van der Waals surface area contributed by atoms with Gasteiger partial charge in [0.05, 0.1) is 0 Å². The van der Waals surface area contributed by atoms with Gasteiger partial charge in [0.15, 0.2) is 0 Å². The average Bonchev–Trinajstić information content (AvgIpc) is 2.34. The summed E-state index contributed by atoms with van der Waals surface area (Å²) in [5.41, 5.74) is 0. The van der Waals surface area contributed by atoms with E-state index in [1.807, 2.05) is 0 Å². The Labute approximate surface area is 110 Å². The Balaban J connectivity index is 0.000000810. The normalized spacial score (nSPS) is 18.0. The van der Waals surface area contributed by atoms with Crippen LogP contribution in [0.4, 0.5) is 0 Å². The van der Waals surface area contributed by atoms with E-state index in [2.05, 4.69) is 10.2 Å². The van der Waals surface area contributed by atoms with E-state index in [1.165, 1.54) is 12.8 Å². The molecule has 0 aromatic heterocycles. The molecule has 0 saturated carbocycles. The molecule has 0 aromatic carbocycles. The molecule has 52 valence electrons. The van der Waals surface area contributed by atoms with E-state index in [-0.39, 0.29) is 58.2 Å². The minimum atomic E-state index is 0. The molecule has 0 radical (unpaired) electrons. The Bertz CT molecular complexity index is 93.7. The van der Waals surface area contributed by atoms with Crippen molar-refractivity contribution in [2.45, 2.75) is 12.8 Å². The molecule has 1 rings (SSSR count). The Morgan fingerprint density at radius 2 is 2.00 bits per heavy atom. The third-order valence-electron chi connectivity index (χ3n) is 1.55. The molecule has 0 aliphatic carbocycles. The second-order valence-electron chi connectivity index (χ2n) is 2.25. The number of hydrogen-bond acceptors (Lipinski definition) is 2. The van der Waals surface area contributed by atoms with Crippen molar-refractivity contribution in [3.05, 3.63) is 5.32 Å². The first-order valence-electron chi connectivity index (χ1n) is 3.26. The number of nitrogens with zero attached hydrogens (tertiary/aromatic N) is 2. The topological polar surface area (TPSA) is 34.4 Å². The molecule has 1 aliphatic rings. The molecule has 1 heterocycles. The first-order chi connectivity index (χ1) is 4.43. The molecular formula is C6H11N2ORb. The van der Waals surface area contributed by atoms with E-state index in [0.29, 0.717) is 13.1 Å². The van der Waals surface area contributed by atoms with Crippen molar-refractivity contribution in [2.24, 2.45) is 0 Å². The van der Waals surface area contributed by atoms with Crippen molar-refractivity contribution in [2.75, 3.05) is 19.8 Å². The summed E-state index contributed by atoms with van der Waals surface area (Å²) in [6, 6.07) is 0. The smallest absolute Gasteiger partial charge is 0.644 e. The minimum Gasteiger partial charge on any atom is -0.644 e. The van der Waals surface area contributed by atoms with E-state index in [0.717, 1.165) is 13.1 Å². The molecule has 0 spiro atoms. The summed E-state index contributed by atoms with van der Waals surface area (Å²) >= 11 is 0. The van der Waals surface area contributed by atoms with Crippen molar-refractivity contribution >= 4 is 6.41 Å². The number of hydrogen-bond donors (Lipinski definition) is 0. The molecule has 0 unspecified atom stereocenters. The van der Waals surface area contributed by atoms with Gasteiger partial charge in [-0.1, -0.05) is 6.67 Å². The maximum absolute atomic E-state index is 9.77. The van der Waals surface area contributed by atoms with Gasteiger partial charge in [-0.15, -0.1) is 0 Å². The van der Waals surface area contributed by atoms with Gasteiger partial charge in [-0.05, 0) is 25.9 Å². The van der Waals surface area contributed by atoms with Crippen LogP contribution >= 0.6 is 0 Å². The number of rotatable bonds is 3. The second kappa shape index (κ2) is 6.92. The summed E-state index contributed by atoms with van der Waals surface area (Å²) in [5.74, 6) is 0. The van der Waals surface area contributed by atoms with E-state index < -0.39 is 0 Å². The third-order valence-corrected chi connectivity index (χ3v) is 1.55. The molecule has 4 heteroatoms. The van der Waals surface area contributed by atoms with Crippen LogP contribution in [0.2, 0.25) is 0 Å². The molecule has 3 nitrogen and oxygen atoms in total. The molecule has 1 aliphatic heterocycles. The van der Waals surface area contributed by atoms with Crippen LogP contribution in [0.5, 0.6) is 0 Å². The van der Waals surface area contributed by atoms with Gasteiger partial charge in [0, 0.05) is 6.41 Å². The van der Waals surface area contributed by atoms with Crippen molar-refractivity contribution in [3.8, 4) is 0 Å². The first-order valence-corrected chi connectivity index (χ1v) is 3.26. The van der Waals surface area contributed by atoms with Crippen molar-refractivity contribution < 1.29 is 63.0 Å². The van der Waals surface area contributed by atoms with E-state index in [9.17, 15) is 4.79 Å². The van der Waals surface area contributed by atoms with Gasteiger partial charge in [0.1, 0.15) is 0 Å². The zero-order valence-electron chi connectivity index (χ0n) is 6.42. The number of likely N-dealkylation sites (tertiary alicyclic amines) is 1. The molecule has 0 atom stereocenters. The number of carbonyl (C=O) groups excluding carboxylic acids is 1. The van der Waals surface area contributed by atoms with E-state index in [1.54, 1.807) is 0 Å². The van der Waals surface area contributed by atoms with Gasteiger partial charge in [0.25, 0.3) is 0 Å².